The molecule has 1 heterocycles. The van der Waals surface area contributed by atoms with Crippen LogP contribution in [0.1, 0.15) is 12.0 Å². The van der Waals surface area contributed by atoms with E-state index in [1.54, 1.807) is 18.9 Å². The van der Waals surface area contributed by atoms with Gasteiger partial charge in [0.15, 0.2) is 0 Å². The minimum atomic E-state index is -0.138. The molecule has 1 saturated heterocycles. The minimum absolute atomic E-state index is 0.0809. The molecule has 16 heavy (non-hydrogen) atoms. The quantitative estimate of drug-likeness (QED) is 0.867. The summed E-state index contributed by atoms with van der Waals surface area (Å²) in [5, 5.41) is 3.03. The number of nitrogens with one attached hydrogen (secondary N) is 1. The summed E-state index contributed by atoms with van der Waals surface area (Å²) in [5.41, 5.74) is 1.28. The molecule has 0 saturated carbocycles. The third-order valence-electron chi connectivity index (χ3n) is 2.59. The van der Waals surface area contributed by atoms with Gasteiger partial charge in [0.2, 0.25) is 5.91 Å². The van der Waals surface area contributed by atoms with Crippen molar-refractivity contribution >= 4 is 17.7 Å². The van der Waals surface area contributed by atoms with Crippen LogP contribution in [0.25, 0.3) is 0 Å². The molecule has 1 fully saturated rings. The van der Waals surface area contributed by atoms with Crippen LogP contribution < -0.4 is 5.32 Å². The van der Waals surface area contributed by atoms with Crippen LogP contribution in [0.4, 0.5) is 0 Å². The van der Waals surface area contributed by atoms with Crippen LogP contribution in [-0.4, -0.2) is 24.5 Å². The average molecular weight is 237 g/mol. The van der Waals surface area contributed by atoms with Crippen molar-refractivity contribution in [2.75, 3.05) is 7.11 Å². The van der Waals surface area contributed by atoms with Crippen molar-refractivity contribution in [3.8, 4) is 0 Å². The van der Waals surface area contributed by atoms with E-state index in [9.17, 15) is 4.79 Å². The Bertz CT molecular complexity index is 355. The zero-order valence-electron chi connectivity index (χ0n) is 9.18. The Morgan fingerprint density at radius 1 is 1.44 bits per heavy atom. The van der Waals surface area contributed by atoms with Gasteiger partial charge in [0, 0.05) is 19.3 Å². The van der Waals surface area contributed by atoms with Crippen molar-refractivity contribution in [2.45, 2.75) is 23.7 Å². The molecule has 4 heteroatoms. The topological polar surface area (TPSA) is 38.3 Å². The lowest BCUT2D eigenvalue weighted by atomic mass is 10.2. The van der Waals surface area contributed by atoms with Crippen molar-refractivity contribution in [1.82, 2.24) is 5.32 Å². The number of rotatable bonds is 4. The molecule has 0 aromatic heterocycles. The molecule has 0 radical (unpaired) electrons. The molecule has 1 aromatic carbocycles. The Balaban J connectivity index is 1.88. The van der Waals surface area contributed by atoms with E-state index in [0.29, 0.717) is 6.42 Å². The Kier molecular flexibility index (Phi) is 3.85. The van der Waals surface area contributed by atoms with Crippen LogP contribution >= 0.6 is 11.8 Å². The predicted octanol–water partition coefficient (Wildman–Crippen LogP) is 1.78. The van der Waals surface area contributed by atoms with Gasteiger partial charge in [0.25, 0.3) is 0 Å². The Morgan fingerprint density at radius 2 is 2.19 bits per heavy atom. The van der Waals surface area contributed by atoms with Crippen molar-refractivity contribution in [3.05, 3.63) is 35.9 Å². The number of carbonyl (C=O) groups excluding carboxylic acids is 1. The highest BCUT2D eigenvalue weighted by atomic mass is 32.2. The van der Waals surface area contributed by atoms with Crippen LogP contribution in [-0.2, 0) is 15.3 Å². The van der Waals surface area contributed by atoms with E-state index < -0.39 is 0 Å². The molecule has 1 aromatic rings. The summed E-state index contributed by atoms with van der Waals surface area (Å²) in [4.78, 5) is 11.2. The van der Waals surface area contributed by atoms with E-state index in [0.717, 1.165) is 5.75 Å². The molecule has 0 unspecified atom stereocenters. The number of thioether (sulfide) groups is 1. The Morgan fingerprint density at radius 3 is 2.88 bits per heavy atom. The first-order valence-electron chi connectivity index (χ1n) is 5.27. The maximum atomic E-state index is 11.2. The summed E-state index contributed by atoms with van der Waals surface area (Å²) in [7, 11) is 1.63. The molecule has 0 spiro atoms. The number of hydrogen-bond donors (Lipinski definition) is 1. The first kappa shape index (κ1) is 11.5. The highest BCUT2D eigenvalue weighted by molar-refractivity contribution is 7.99. The van der Waals surface area contributed by atoms with Gasteiger partial charge >= 0.3 is 0 Å². The van der Waals surface area contributed by atoms with Gasteiger partial charge in [-0.1, -0.05) is 30.3 Å². The standard InChI is InChI=1S/C12H15NO2S/c1-15-12-10(7-11(14)13-12)16-8-9-5-3-2-4-6-9/h2-6,10,12H,7-8H2,1H3,(H,13,14)/t10-,12+/m0/s1. The fraction of sp³-hybridized carbons (Fsp3) is 0.417. The number of carbonyl (C=O) groups is 1. The molecule has 1 aliphatic rings. The van der Waals surface area contributed by atoms with Crippen LogP contribution in [0.2, 0.25) is 0 Å². The normalized spacial score (nSPS) is 24.4. The molecule has 1 N–H and O–H groups in total. The minimum Gasteiger partial charge on any atom is -0.361 e. The van der Waals surface area contributed by atoms with Gasteiger partial charge in [-0.3, -0.25) is 4.79 Å². The number of benzene rings is 1. The molecule has 2 atom stereocenters. The molecule has 86 valence electrons. The predicted molar refractivity (Wildman–Crippen MR) is 65.1 cm³/mol. The smallest absolute Gasteiger partial charge is 0.223 e. The lowest BCUT2D eigenvalue weighted by molar-refractivity contribution is -0.120. The molecular weight excluding hydrogens is 222 g/mol. The summed E-state index contributed by atoms with van der Waals surface area (Å²) < 4.78 is 5.23. The maximum Gasteiger partial charge on any atom is 0.223 e. The van der Waals surface area contributed by atoms with E-state index in [1.807, 2.05) is 18.2 Å². The van der Waals surface area contributed by atoms with Gasteiger partial charge in [-0.25, -0.2) is 0 Å². The lowest BCUT2D eigenvalue weighted by Gasteiger charge is -2.16. The lowest BCUT2D eigenvalue weighted by Crippen LogP contribution is -2.31. The zero-order chi connectivity index (χ0) is 11.4. The maximum absolute atomic E-state index is 11.2. The van der Waals surface area contributed by atoms with E-state index in [4.69, 9.17) is 4.74 Å². The van der Waals surface area contributed by atoms with E-state index in [-0.39, 0.29) is 17.4 Å². The summed E-state index contributed by atoms with van der Waals surface area (Å²) in [5.74, 6) is 0.998. The summed E-state index contributed by atoms with van der Waals surface area (Å²) in [6.07, 6.45) is 0.414. The molecule has 1 aliphatic heterocycles. The average Bonchev–Trinajstić information content (AvgIpc) is 2.68. The number of methoxy groups -OCH3 is 1. The van der Waals surface area contributed by atoms with E-state index in [1.165, 1.54) is 5.56 Å². The van der Waals surface area contributed by atoms with Crippen molar-refractivity contribution in [3.63, 3.8) is 0 Å². The second-order valence-corrected chi connectivity index (χ2v) is 4.99. The van der Waals surface area contributed by atoms with Crippen LogP contribution in [0, 0.1) is 0 Å². The van der Waals surface area contributed by atoms with Crippen LogP contribution in [0.15, 0.2) is 30.3 Å². The zero-order valence-corrected chi connectivity index (χ0v) is 10.00. The highest BCUT2D eigenvalue weighted by Gasteiger charge is 2.32. The molecule has 1 amide bonds. The molecule has 0 bridgehead atoms. The molecule has 3 nitrogen and oxygen atoms in total. The third-order valence-corrected chi connectivity index (χ3v) is 3.93. The first-order chi connectivity index (χ1) is 7.79. The fourth-order valence-corrected chi connectivity index (χ4v) is 2.96. The Labute approximate surface area is 99.6 Å². The van der Waals surface area contributed by atoms with Crippen LogP contribution in [0.5, 0.6) is 0 Å². The SMILES string of the molecule is CO[C@H]1NC(=O)C[C@@H]1SCc1ccccc1. The second-order valence-electron chi connectivity index (χ2n) is 3.76. The summed E-state index contributed by atoms with van der Waals surface area (Å²) >= 11 is 1.77. The molecule has 2 rings (SSSR count). The molecule has 0 aliphatic carbocycles. The van der Waals surface area contributed by atoms with Gasteiger partial charge in [0.1, 0.15) is 6.23 Å². The van der Waals surface area contributed by atoms with Gasteiger partial charge in [0.05, 0.1) is 5.25 Å². The monoisotopic (exact) mass is 237 g/mol. The summed E-state index contributed by atoms with van der Waals surface area (Å²) in [6.45, 7) is 0. The van der Waals surface area contributed by atoms with Gasteiger partial charge in [-0.15, -0.1) is 11.8 Å². The third kappa shape index (κ3) is 2.77. The number of amides is 1. The number of hydrogen-bond acceptors (Lipinski definition) is 3. The van der Waals surface area contributed by atoms with Crippen molar-refractivity contribution < 1.29 is 9.53 Å². The molecular formula is C12H15NO2S. The van der Waals surface area contributed by atoms with Crippen molar-refractivity contribution in [1.29, 1.82) is 0 Å². The van der Waals surface area contributed by atoms with Crippen LogP contribution in [0.3, 0.4) is 0 Å². The summed E-state index contributed by atoms with van der Waals surface area (Å²) in [6, 6.07) is 10.3. The van der Waals surface area contributed by atoms with Gasteiger partial charge < -0.3 is 10.1 Å². The largest absolute Gasteiger partial charge is 0.361 e. The number of ether oxygens (including phenoxy) is 1. The highest BCUT2D eigenvalue weighted by Crippen LogP contribution is 2.26. The second kappa shape index (κ2) is 5.37. The first-order valence-corrected chi connectivity index (χ1v) is 6.32. The van der Waals surface area contributed by atoms with E-state index >= 15 is 0 Å². The fourth-order valence-electron chi connectivity index (χ4n) is 1.73. The van der Waals surface area contributed by atoms with Gasteiger partial charge in [-0.2, -0.15) is 0 Å². The van der Waals surface area contributed by atoms with Crippen molar-refractivity contribution in [2.24, 2.45) is 0 Å². The van der Waals surface area contributed by atoms with E-state index in [2.05, 4.69) is 17.4 Å². The van der Waals surface area contributed by atoms with Gasteiger partial charge in [-0.05, 0) is 5.56 Å². The Hall–Kier alpha value is -1.00.